The Labute approximate surface area is 125 Å². The average Bonchev–Trinajstić information content (AvgIpc) is 2.54. The first kappa shape index (κ1) is 15.1. The quantitative estimate of drug-likeness (QED) is 0.916. The highest BCUT2D eigenvalue weighted by atomic mass is 16.5. The smallest absolute Gasteiger partial charge is 0.243 e. The molecule has 0 saturated heterocycles. The molecule has 0 bridgehead atoms. The Morgan fingerprint density at radius 2 is 1.76 bits per heavy atom. The Bertz CT molecular complexity index is 581. The number of nitrogens with two attached hydrogens (primary N) is 1. The maximum absolute atomic E-state index is 12.4. The fourth-order valence-electron chi connectivity index (χ4n) is 2.14. The molecule has 110 valence electrons. The summed E-state index contributed by atoms with van der Waals surface area (Å²) in [5.74, 6) is 0.650. The highest BCUT2D eigenvalue weighted by Gasteiger charge is 2.19. The molecule has 0 saturated carbocycles. The summed E-state index contributed by atoms with van der Waals surface area (Å²) < 4.78 is 5.11. The van der Waals surface area contributed by atoms with Gasteiger partial charge in [-0.15, -0.1) is 0 Å². The van der Waals surface area contributed by atoms with Crippen molar-refractivity contribution in [2.45, 2.75) is 12.5 Å². The lowest BCUT2D eigenvalue weighted by atomic mass is 10.1. The third-order valence-corrected chi connectivity index (χ3v) is 3.41. The van der Waals surface area contributed by atoms with Gasteiger partial charge in [-0.1, -0.05) is 30.3 Å². The minimum Gasteiger partial charge on any atom is -0.497 e. The van der Waals surface area contributed by atoms with Crippen LogP contribution in [-0.2, 0) is 11.2 Å². The Hall–Kier alpha value is -2.33. The van der Waals surface area contributed by atoms with Gasteiger partial charge in [-0.25, -0.2) is 0 Å². The number of likely N-dealkylation sites (N-methyl/N-ethyl adjacent to an activating group) is 1. The second kappa shape index (κ2) is 6.90. The van der Waals surface area contributed by atoms with Crippen LogP contribution in [0.25, 0.3) is 0 Å². The van der Waals surface area contributed by atoms with E-state index in [2.05, 4.69) is 0 Å². The van der Waals surface area contributed by atoms with E-state index in [1.807, 2.05) is 54.6 Å². The van der Waals surface area contributed by atoms with Gasteiger partial charge >= 0.3 is 0 Å². The van der Waals surface area contributed by atoms with Crippen molar-refractivity contribution in [2.75, 3.05) is 19.1 Å². The minimum absolute atomic E-state index is 0.107. The van der Waals surface area contributed by atoms with Crippen molar-refractivity contribution < 1.29 is 9.53 Å². The van der Waals surface area contributed by atoms with Crippen molar-refractivity contribution in [3.05, 3.63) is 60.2 Å². The van der Waals surface area contributed by atoms with E-state index in [0.717, 1.165) is 17.0 Å². The number of nitrogens with zero attached hydrogens (tertiary/aromatic N) is 1. The van der Waals surface area contributed by atoms with E-state index >= 15 is 0 Å². The number of ether oxygens (including phenoxy) is 1. The number of benzene rings is 2. The maximum Gasteiger partial charge on any atom is 0.243 e. The van der Waals surface area contributed by atoms with E-state index in [9.17, 15) is 4.79 Å². The summed E-state index contributed by atoms with van der Waals surface area (Å²) >= 11 is 0. The zero-order valence-corrected chi connectivity index (χ0v) is 12.3. The maximum atomic E-state index is 12.4. The van der Waals surface area contributed by atoms with Gasteiger partial charge in [0.25, 0.3) is 0 Å². The van der Waals surface area contributed by atoms with Gasteiger partial charge in [0.15, 0.2) is 0 Å². The van der Waals surface area contributed by atoms with Gasteiger partial charge in [0.1, 0.15) is 5.75 Å². The number of methoxy groups -OCH3 is 1. The van der Waals surface area contributed by atoms with Gasteiger partial charge in [0.05, 0.1) is 13.2 Å². The predicted octanol–water partition coefficient (Wildman–Crippen LogP) is 2.23. The number of anilines is 1. The predicted molar refractivity (Wildman–Crippen MR) is 84.5 cm³/mol. The topological polar surface area (TPSA) is 55.6 Å². The van der Waals surface area contributed by atoms with Crippen LogP contribution in [0.4, 0.5) is 5.69 Å². The van der Waals surface area contributed by atoms with E-state index in [0.29, 0.717) is 6.42 Å². The van der Waals surface area contributed by atoms with Gasteiger partial charge in [-0.3, -0.25) is 4.79 Å². The zero-order valence-electron chi connectivity index (χ0n) is 12.3. The molecule has 1 unspecified atom stereocenters. The molecule has 0 heterocycles. The summed E-state index contributed by atoms with van der Waals surface area (Å²) in [6.45, 7) is 0. The summed E-state index contributed by atoms with van der Waals surface area (Å²) in [7, 11) is 3.34. The van der Waals surface area contributed by atoms with Crippen LogP contribution in [0, 0.1) is 0 Å². The normalized spacial score (nSPS) is 11.8. The second-order valence-electron chi connectivity index (χ2n) is 4.89. The summed E-state index contributed by atoms with van der Waals surface area (Å²) in [5.41, 5.74) is 7.88. The van der Waals surface area contributed by atoms with Crippen molar-refractivity contribution >= 4 is 11.6 Å². The van der Waals surface area contributed by atoms with E-state index in [-0.39, 0.29) is 5.91 Å². The lowest BCUT2D eigenvalue weighted by Gasteiger charge is -2.21. The highest BCUT2D eigenvalue weighted by Crippen LogP contribution is 2.19. The molecule has 0 aliphatic rings. The second-order valence-corrected chi connectivity index (χ2v) is 4.89. The van der Waals surface area contributed by atoms with E-state index in [1.165, 1.54) is 0 Å². The number of rotatable bonds is 5. The molecule has 0 aliphatic heterocycles. The molecule has 4 nitrogen and oxygen atoms in total. The van der Waals surface area contributed by atoms with Gasteiger partial charge in [-0.2, -0.15) is 0 Å². The number of hydrogen-bond acceptors (Lipinski definition) is 3. The van der Waals surface area contributed by atoms with Gasteiger partial charge in [0.2, 0.25) is 5.91 Å². The third kappa shape index (κ3) is 3.83. The first-order valence-electron chi connectivity index (χ1n) is 6.83. The molecular formula is C17H20N2O2. The van der Waals surface area contributed by atoms with Crippen LogP contribution < -0.4 is 15.4 Å². The molecule has 0 fully saturated rings. The van der Waals surface area contributed by atoms with Gasteiger partial charge in [-0.05, 0) is 36.2 Å². The number of carbonyl (C=O) groups is 1. The lowest BCUT2D eigenvalue weighted by molar-refractivity contribution is -0.119. The number of carbonyl (C=O) groups excluding carboxylic acids is 1. The van der Waals surface area contributed by atoms with Crippen molar-refractivity contribution in [3.8, 4) is 5.75 Å². The molecule has 2 N–H and O–H groups in total. The molecule has 0 spiro atoms. The van der Waals surface area contributed by atoms with Crippen LogP contribution in [0.1, 0.15) is 5.56 Å². The standard InChI is InChI=1S/C17H20N2O2/c1-19(14-8-10-15(21-2)11-9-14)17(20)16(18)12-13-6-4-3-5-7-13/h3-11,16H,12,18H2,1-2H3. The summed E-state index contributed by atoms with van der Waals surface area (Å²) in [6.07, 6.45) is 0.528. The molecule has 2 aromatic carbocycles. The fourth-order valence-corrected chi connectivity index (χ4v) is 2.14. The molecule has 21 heavy (non-hydrogen) atoms. The van der Waals surface area contributed by atoms with Crippen LogP contribution in [0.15, 0.2) is 54.6 Å². The molecule has 1 atom stereocenters. The van der Waals surface area contributed by atoms with Crippen molar-refractivity contribution in [2.24, 2.45) is 5.73 Å². The number of amides is 1. The molecule has 1 amide bonds. The largest absolute Gasteiger partial charge is 0.497 e. The summed E-state index contributed by atoms with van der Waals surface area (Å²) in [5, 5.41) is 0. The van der Waals surface area contributed by atoms with Crippen LogP contribution in [-0.4, -0.2) is 26.1 Å². The first-order valence-corrected chi connectivity index (χ1v) is 6.83. The molecular weight excluding hydrogens is 264 g/mol. The van der Waals surface area contributed by atoms with Crippen molar-refractivity contribution in [1.29, 1.82) is 0 Å². The molecule has 2 rings (SSSR count). The summed E-state index contributed by atoms with van der Waals surface area (Å²) in [4.78, 5) is 13.9. The van der Waals surface area contributed by atoms with Crippen LogP contribution in [0.3, 0.4) is 0 Å². The lowest BCUT2D eigenvalue weighted by Crippen LogP contribution is -2.43. The molecule has 4 heteroatoms. The summed E-state index contributed by atoms with van der Waals surface area (Å²) in [6, 6.07) is 16.5. The van der Waals surface area contributed by atoms with E-state index < -0.39 is 6.04 Å². The van der Waals surface area contributed by atoms with Gasteiger partial charge < -0.3 is 15.4 Å². The third-order valence-electron chi connectivity index (χ3n) is 3.41. The monoisotopic (exact) mass is 284 g/mol. The molecule has 2 aromatic rings. The minimum atomic E-state index is -0.556. The van der Waals surface area contributed by atoms with Crippen LogP contribution in [0.2, 0.25) is 0 Å². The number of hydrogen-bond donors (Lipinski definition) is 1. The zero-order chi connectivity index (χ0) is 15.2. The molecule has 0 aromatic heterocycles. The van der Waals surface area contributed by atoms with Crippen LogP contribution >= 0.6 is 0 Å². The fraction of sp³-hybridized carbons (Fsp3) is 0.235. The van der Waals surface area contributed by atoms with Crippen LogP contribution in [0.5, 0.6) is 5.75 Å². The van der Waals surface area contributed by atoms with E-state index in [4.69, 9.17) is 10.5 Å². The Morgan fingerprint density at radius 1 is 1.14 bits per heavy atom. The van der Waals surface area contributed by atoms with Crippen molar-refractivity contribution in [1.82, 2.24) is 0 Å². The molecule has 0 radical (unpaired) electrons. The van der Waals surface area contributed by atoms with Crippen molar-refractivity contribution in [3.63, 3.8) is 0 Å². The highest BCUT2D eigenvalue weighted by molar-refractivity contribution is 5.96. The Balaban J connectivity index is 2.03. The SMILES string of the molecule is COc1ccc(N(C)C(=O)C(N)Cc2ccccc2)cc1. The van der Waals surface area contributed by atoms with Gasteiger partial charge in [0, 0.05) is 12.7 Å². The first-order chi connectivity index (χ1) is 10.1. The average molecular weight is 284 g/mol. The van der Waals surface area contributed by atoms with E-state index in [1.54, 1.807) is 19.1 Å². The Morgan fingerprint density at radius 3 is 2.33 bits per heavy atom. The Kier molecular flexibility index (Phi) is 4.95. The molecule has 0 aliphatic carbocycles.